The van der Waals surface area contributed by atoms with Gasteiger partial charge in [-0.05, 0) is 38.3 Å². The monoisotopic (exact) mass is 280 g/mol. The lowest BCUT2D eigenvalue weighted by Gasteiger charge is -2.27. The standard InChI is InChI=1S/C17H20N4/c1-17(2,10-8-14-6-4-3-5-7-14)20-16-15-9-11-19-21(15)13-12-18-16/h3-7,9,11-13H,8,10H2,1-2H3,(H,18,20). The molecule has 1 aromatic carbocycles. The third-order valence-electron chi connectivity index (χ3n) is 3.66. The number of aryl methyl sites for hydroxylation is 1. The second-order valence-electron chi connectivity index (χ2n) is 5.93. The fourth-order valence-electron chi connectivity index (χ4n) is 2.44. The number of hydrogen-bond acceptors (Lipinski definition) is 3. The third-order valence-corrected chi connectivity index (χ3v) is 3.66. The van der Waals surface area contributed by atoms with Gasteiger partial charge in [-0.1, -0.05) is 30.3 Å². The molecule has 0 radical (unpaired) electrons. The van der Waals surface area contributed by atoms with Crippen molar-refractivity contribution in [1.29, 1.82) is 0 Å². The van der Waals surface area contributed by atoms with E-state index in [0.29, 0.717) is 0 Å². The molecule has 3 aromatic rings. The maximum atomic E-state index is 4.45. The topological polar surface area (TPSA) is 42.2 Å². The van der Waals surface area contributed by atoms with Gasteiger partial charge in [0.2, 0.25) is 0 Å². The Balaban J connectivity index is 1.72. The molecule has 0 atom stereocenters. The fourth-order valence-corrected chi connectivity index (χ4v) is 2.44. The lowest BCUT2D eigenvalue weighted by Crippen LogP contribution is -2.32. The molecule has 4 heteroatoms. The molecular weight excluding hydrogens is 260 g/mol. The molecule has 0 aliphatic carbocycles. The summed E-state index contributed by atoms with van der Waals surface area (Å²) >= 11 is 0. The molecule has 0 aliphatic rings. The molecule has 0 aliphatic heterocycles. The zero-order valence-corrected chi connectivity index (χ0v) is 12.5. The smallest absolute Gasteiger partial charge is 0.152 e. The van der Waals surface area contributed by atoms with Crippen LogP contribution in [0.15, 0.2) is 55.0 Å². The van der Waals surface area contributed by atoms with Crippen molar-refractivity contribution < 1.29 is 0 Å². The SMILES string of the molecule is CC(C)(CCc1ccccc1)Nc1nccn2nccc12. The molecule has 0 unspecified atom stereocenters. The largest absolute Gasteiger partial charge is 0.363 e. The average molecular weight is 280 g/mol. The summed E-state index contributed by atoms with van der Waals surface area (Å²) in [5.74, 6) is 0.882. The van der Waals surface area contributed by atoms with Crippen molar-refractivity contribution in [2.24, 2.45) is 0 Å². The summed E-state index contributed by atoms with van der Waals surface area (Å²) in [5.41, 5.74) is 2.34. The van der Waals surface area contributed by atoms with Crippen molar-refractivity contribution >= 4 is 11.3 Å². The highest BCUT2D eigenvalue weighted by Gasteiger charge is 2.19. The van der Waals surface area contributed by atoms with Crippen LogP contribution >= 0.6 is 0 Å². The Morgan fingerprint density at radius 2 is 1.90 bits per heavy atom. The number of hydrogen-bond donors (Lipinski definition) is 1. The molecule has 0 amide bonds. The fraction of sp³-hybridized carbons (Fsp3) is 0.294. The van der Waals surface area contributed by atoms with Crippen LogP contribution in [-0.2, 0) is 6.42 Å². The molecule has 0 saturated carbocycles. The van der Waals surface area contributed by atoms with Gasteiger partial charge in [0, 0.05) is 17.9 Å². The molecule has 2 heterocycles. The number of fused-ring (bicyclic) bond motifs is 1. The van der Waals surface area contributed by atoms with Gasteiger partial charge in [0.05, 0.1) is 6.20 Å². The van der Waals surface area contributed by atoms with E-state index in [1.807, 2.05) is 16.8 Å². The Bertz CT molecular complexity index is 716. The summed E-state index contributed by atoms with van der Waals surface area (Å²) in [5, 5.41) is 7.79. The number of nitrogens with zero attached hydrogens (tertiary/aromatic N) is 3. The second kappa shape index (κ2) is 5.56. The zero-order chi connectivity index (χ0) is 14.7. The number of anilines is 1. The summed E-state index contributed by atoms with van der Waals surface area (Å²) in [7, 11) is 0. The molecule has 0 saturated heterocycles. The van der Waals surface area contributed by atoms with Gasteiger partial charge in [-0.25, -0.2) is 9.50 Å². The van der Waals surface area contributed by atoms with E-state index in [-0.39, 0.29) is 5.54 Å². The number of aromatic nitrogens is 3. The first kappa shape index (κ1) is 13.6. The Labute approximate surface area is 124 Å². The molecule has 1 N–H and O–H groups in total. The lowest BCUT2D eigenvalue weighted by atomic mass is 9.95. The van der Waals surface area contributed by atoms with Crippen molar-refractivity contribution in [3.05, 3.63) is 60.6 Å². The van der Waals surface area contributed by atoms with Gasteiger partial charge in [0.15, 0.2) is 5.82 Å². The number of nitrogens with one attached hydrogen (secondary N) is 1. The van der Waals surface area contributed by atoms with Crippen LogP contribution in [0.25, 0.3) is 5.52 Å². The first-order valence-corrected chi connectivity index (χ1v) is 7.24. The Kier molecular flexibility index (Phi) is 3.60. The van der Waals surface area contributed by atoms with E-state index in [4.69, 9.17) is 0 Å². The van der Waals surface area contributed by atoms with Crippen LogP contribution in [0.5, 0.6) is 0 Å². The van der Waals surface area contributed by atoms with Gasteiger partial charge in [0.25, 0.3) is 0 Å². The van der Waals surface area contributed by atoms with Gasteiger partial charge in [-0.15, -0.1) is 0 Å². The highest BCUT2D eigenvalue weighted by Crippen LogP contribution is 2.22. The van der Waals surface area contributed by atoms with Crippen molar-refractivity contribution in [3.8, 4) is 0 Å². The van der Waals surface area contributed by atoms with Crippen LogP contribution in [0.3, 0.4) is 0 Å². The Morgan fingerprint density at radius 3 is 2.71 bits per heavy atom. The summed E-state index contributed by atoms with van der Waals surface area (Å²) in [6.45, 7) is 4.41. The van der Waals surface area contributed by atoms with Crippen LogP contribution in [0.4, 0.5) is 5.82 Å². The number of rotatable bonds is 5. The van der Waals surface area contributed by atoms with Gasteiger partial charge in [-0.3, -0.25) is 0 Å². The van der Waals surface area contributed by atoms with Crippen molar-refractivity contribution in [2.45, 2.75) is 32.2 Å². The molecule has 108 valence electrons. The number of benzene rings is 1. The van der Waals surface area contributed by atoms with Crippen LogP contribution < -0.4 is 5.32 Å². The first-order valence-electron chi connectivity index (χ1n) is 7.24. The minimum absolute atomic E-state index is 0.0328. The van der Waals surface area contributed by atoms with Crippen LogP contribution in [0, 0.1) is 0 Å². The highest BCUT2D eigenvalue weighted by molar-refractivity contribution is 5.67. The Hall–Kier alpha value is -2.36. The first-order chi connectivity index (χ1) is 10.1. The van der Waals surface area contributed by atoms with E-state index in [2.05, 4.69) is 59.6 Å². The van der Waals surface area contributed by atoms with Gasteiger partial charge in [-0.2, -0.15) is 5.10 Å². The molecule has 0 bridgehead atoms. The van der Waals surface area contributed by atoms with Crippen LogP contribution in [0.1, 0.15) is 25.8 Å². The van der Waals surface area contributed by atoms with Crippen LogP contribution in [-0.4, -0.2) is 20.1 Å². The van der Waals surface area contributed by atoms with Crippen molar-refractivity contribution in [2.75, 3.05) is 5.32 Å². The van der Waals surface area contributed by atoms with E-state index in [9.17, 15) is 0 Å². The molecule has 4 nitrogen and oxygen atoms in total. The summed E-state index contributed by atoms with van der Waals surface area (Å²) < 4.78 is 1.84. The zero-order valence-electron chi connectivity index (χ0n) is 12.5. The lowest BCUT2D eigenvalue weighted by molar-refractivity contribution is 0.517. The molecule has 3 rings (SSSR count). The quantitative estimate of drug-likeness (QED) is 0.777. The van der Waals surface area contributed by atoms with E-state index in [1.165, 1.54) is 5.56 Å². The summed E-state index contributed by atoms with van der Waals surface area (Å²) in [6.07, 6.45) is 7.50. The van der Waals surface area contributed by atoms with Gasteiger partial charge < -0.3 is 5.32 Å². The second-order valence-corrected chi connectivity index (χ2v) is 5.93. The van der Waals surface area contributed by atoms with Gasteiger partial charge in [0.1, 0.15) is 5.52 Å². The molecule has 0 spiro atoms. The third kappa shape index (κ3) is 3.21. The van der Waals surface area contributed by atoms with E-state index < -0.39 is 0 Å². The summed E-state index contributed by atoms with van der Waals surface area (Å²) in [4.78, 5) is 4.45. The van der Waals surface area contributed by atoms with E-state index in [0.717, 1.165) is 24.2 Å². The average Bonchev–Trinajstić information content (AvgIpc) is 2.96. The molecular formula is C17H20N4. The van der Waals surface area contributed by atoms with Crippen molar-refractivity contribution in [1.82, 2.24) is 14.6 Å². The predicted molar refractivity (Wildman–Crippen MR) is 85.5 cm³/mol. The maximum Gasteiger partial charge on any atom is 0.152 e. The van der Waals surface area contributed by atoms with E-state index >= 15 is 0 Å². The minimum Gasteiger partial charge on any atom is -0.363 e. The minimum atomic E-state index is -0.0328. The van der Waals surface area contributed by atoms with Crippen molar-refractivity contribution in [3.63, 3.8) is 0 Å². The van der Waals surface area contributed by atoms with Gasteiger partial charge >= 0.3 is 0 Å². The normalized spacial score (nSPS) is 11.7. The molecule has 21 heavy (non-hydrogen) atoms. The van der Waals surface area contributed by atoms with E-state index in [1.54, 1.807) is 12.4 Å². The molecule has 2 aromatic heterocycles. The summed E-state index contributed by atoms with van der Waals surface area (Å²) in [6, 6.07) is 12.5. The predicted octanol–water partition coefficient (Wildman–Crippen LogP) is 3.55. The highest BCUT2D eigenvalue weighted by atomic mass is 15.2. The van der Waals surface area contributed by atoms with Crippen LogP contribution in [0.2, 0.25) is 0 Å². The Morgan fingerprint density at radius 1 is 1.10 bits per heavy atom. The maximum absolute atomic E-state index is 4.45. The molecule has 0 fully saturated rings.